The molecule has 2 N–H and O–H groups in total. The number of carbonyl (C=O) groups excluding carboxylic acids is 1. The summed E-state index contributed by atoms with van der Waals surface area (Å²) < 4.78 is 14.3. The fourth-order valence-corrected chi connectivity index (χ4v) is 3.38. The Labute approximate surface area is 153 Å². The Hall–Kier alpha value is -2.93. The van der Waals surface area contributed by atoms with Crippen LogP contribution in [0.15, 0.2) is 63.1 Å². The molecule has 0 spiro atoms. The van der Waals surface area contributed by atoms with E-state index in [1.54, 1.807) is 31.2 Å². The van der Waals surface area contributed by atoms with Crippen LogP contribution in [-0.4, -0.2) is 15.6 Å². The first-order valence-electron chi connectivity index (χ1n) is 7.81. The van der Waals surface area contributed by atoms with Gasteiger partial charge in [-0.2, -0.15) is 9.78 Å². The van der Waals surface area contributed by atoms with E-state index in [1.165, 1.54) is 43.0 Å². The molecule has 0 saturated heterocycles. The Morgan fingerprint density at radius 1 is 1.12 bits per heavy atom. The standard InChI is InChI=1S/C19H16FN3O2S/c1-11-17(12(2)24)22-23(15-7-3-13(20)4-8-15)19(25)18(11)26-16-9-5-14(21)6-10-16/h3-10H,21H2,1-2H3. The van der Waals surface area contributed by atoms with Crippen LogP contribution >= 0.6 is 11.8 Å². The van der Waals surface area contributed by atoms with Crippen LogP contribution in [-0.2, 0) is 0 Å². The normalized spacial score (nSPS) is 10.7. The van der Waals surface area contributed by atoms with Gasteiger partial charge in [-0.25, -0.2) is 4.39 Å². The van der Waals surface area contributed by atoms with E-state index in [0.29, 0.717) is 21.8 Å². The monoisotopic (exact) mass is 369 g/mol. The van der Waals surface area contributed by atoms with Crippen molar-refractivity contribution in [3.05, 3.63) is 76.0 Å². The van der Waals surface area contributed by atoms with Gasteiger partial charge in [-0.1, -0.05) is 11.8 Å². The highest BCUT2D eigenvalue weighted by atomic mass is 32.2. The number of aromatic nitrogens is 2. The van der Waals surface area contributed by atoms with Gasteiger partial charge in [0.05, 0.1) is 10.6 Å². The maximum absolute atomic E-state index is 13.2. The van der Waals surface area contributed by atoms with Gasteiger partial charge in [0.2, 0.25) is 0 Å². The van der Waals surface area contributed by atoms with Gasteiger partial charge in [-0.15, -0.1) is 0 Å². The molecule has 3 aromatic rings. The van der Waals surface area contributed by atoms with Crippen LogP contribution in [0, 0.1) is 12.7 Å². The zero-order valence-corrected chi connectivity index (χ0v) is 15.0. The van der Waals surface area contributed by atoms with E-state index in [2.05, 4.69) is 5.10 Å². The number of hydrogen-bond acceptors (Lipinski definition) is 5. The highest BCUT2D eigenvalue weighted by Gasteiger charge is 2.19. The molecule has 0 fully saturated rings. The number of benzene rings is 2. The molecular weight excluding hydrogens is 353 g/mol. The smallest absolute Gasteiger partial charge is 0.285 e. The first kappa shape index (κ1) is 17.9. The Morgan fingerprint density at radius 2 is 1.73 bits per heavy atom. The van der Waals surface area contributed by atoms with E-state index in [-0.39, 0.29) is 17.0 Å². The van der Waals surface area contributed by atoms with Crippen molar-refractivity contribution in [1.82, 2.24) is 9.78 Å². The lowest BCUT2D eigenvalue weighted by molar-refractivity contribution is 0.101. The second-order valence-corrected chi connectivity index (χ2v) is 6.81. The van der Waals surface area contributed by atoms with E-state index >= 15 is 0 Å². The lowest BCUT2D eigenvalue weighted by atomic mass is 10.2. The molecule has 0 aliphatic heterocycles. The van der Waals surface area contributed by atoms with E-state index in [0.717, 1.165) is 9.58 Å². The third-order valence-electron chi connectivity index (χ3n) is 3.79. The van der Waals surface area contributed by atoms with Gasteiger partial charge in [-0.05, 0) is 61.0 Å². The third kappa shape index (κ3) is 3.52. The maximum atomic E-state index is 13.2. The highest BCUT2D eigenvalue weighted by Crippen LogP contribution is 2.29. The van der Waals surface area contributed by atoms with Crippen molar-refractivity contribution in [1.29, 1.82) is 0 Å². The van der Waals surface area contributed by atoms with Crippen LogP contribution in [0.3, 0.4) is 0 Å². The molecule has 0 radical (unpaired) electrons. The molecule has 1 aromatic heterocycles. The van der Waals surface area contributed by atoms with Crippen molar-refractivity contribution in [2.24, 2.45) is 0 Å². The van der Waals surface area contributed by atoms with Crippen LogP contribution < -0.4 is 11.3 Å². The third-order valence-corrected chi connectivity index (χ3v) is 4.98. The minimum absolute atomic E-state index is 0.201. The zero-order valence-electron chi connectivity index (χ0n) is 14.2. The number of hydrogen-bond donors (Lipinski definition) is 1. The molecule has 5 nitrogen and oxygen atoms in total. The van der Waals surface area contributed by atoms with Crippen molar-refractivity contribution < 1.29 is 9.18 Å². The quantitative estimate of drug-likeness (QED) is 0.561. The molecule has 3 rings (SSSR count). The molecule has 7 heteroatoms. The van der Waals surface area contributed by atoms with Crippen molar-refractivity contribution >= 4 is 23.2 Å². The average Bonchev–Trinajstić information content (AvgIpc) is 2.61. The molecule has 0 amide bonds. The number of Topliss-reactive ketones (excluding diaryl/α,β-unsaturated/α-hetero) is 1. The van der Waals surface area contributed by atoms with Gasteiger partial charge >= 0.3 is 0 Å². The molecule has 26 heavy (non-hydrogen) atoms. The number of ketones is 1. The van der Waals surface area contributed by atoms with E-state index in [1.807, 2.05) is 0 Å². The summed E-state index contributed by atoms with van der Waals surface area (Å²) in [6, 6.07) is 12.4. The Kier molecular flexibility index (Phi) is 4.90. The second kappa shape index (κ2) is 7.13. The molecular formula is C19H16FN3O2S. The molecule has 0 bridgehead atoms. The zero-order chi connectivity index (χ0) is 18.8. The largest absolute Gasteiger partial charge is 0.399 e. The molecule has 2 aromatic carbocycles. The summed E-state index contributed by atoms with van der Waals surface area (Å²) in [7, 11) is 0. The summed E-state index contributed by atoms with van der Waals surface area (Å²) in [4.78, 5) is 26.2. The highest BCUT2D eigenvalue weighted by molar-refractivity contribution is 7.99. The molecule has 0 aliphatic rings. The molecule has 0 atom stereocenters. The lowest BCUT2D eigenvalue weighted by Gasteiger charge is -2.13. The van der Waals surface area contributed by atoms with Gasteiger partial charge < -0.3 is 5.73 Å². The van der Waals surface area contributed by atoms with E-state index in [4.69, 9.17) is 5.73 Å². The first-order valence-corrected chi connectivity index (χ1v) is 8.62. The van der Waals surface area contributed by atoms with E-state index in [9.17, 15) is 14.0 Å². The van der Waals surface area contributed by atoms with Gasteiger partial charge in [0, 0.05) is 17.5 Å². The van der Waals surface area contributed by atoms with Crippen LogP contribution in [0.1, 0.15) is 23.0 Å². The van der Waals surface area contributed by atoms with Crippen molar-refractivity contribution in [2.75, 3.05) is 5.73 Å². The number of halogens is 1. The van der Waals surface area contributed by atoms with Gasteiger partial charge in [0.15, 0.2) is 5.78 Å². The predicted octanol–water partition coefficient (Wildman–Crippen LogP) is 3.62. The van der Waals surface area contributed by atoms with Crippen LogP contribution in [0.5, 0.6) is 0 Å². The Balaban J connectivity index is 2.19. The summed E-state index contributed by atoms with van der Waals surface area (Å²) in [6.07, 6.45) is 0. The topological polar surface area (TPSA) is 78.0 Å². The van der Waals surface area contributed by atoms with E-state index < -0.39 is 5.82 Å². The minimum atomic E-state index is -0.419. The number of rotatable bonds is 4. The predicted molar refractivity (Wildman–Crippen MR) is 99.5 cm³/mol. The Bertz CT molecular complexity index is 1030. The summed E-state index contributed by atoms with van der Waals surface area (Å²) in [5.74, 6) is -0.672. The number of anilines is 1. The van der Waals surface area contributed by atoms with Gasteiger partial charge in [-0.3, -0.25) is 9.59 Å². The minimum Gasteiger partial charge on any atom is -0.399 e. The molecule has 132 valence electrons. The van der Waals surface area contributed by atoms with Crippen molar-refractivity contribution in [2.45, 2.75) is 23.6 Å². The summed E-state index contributed by atoms with van der Waals surface area (Å²) in [5.41, 5.74) is 7.05. The summed E-state index contributed by atoms with van der Waals surface area (Å²) in [6.45, 7) is 3.09. The summed E-state index contributed by atoms with van der Waals surface area (Å²) in [5, 5.41) is 4.19. The maximum Gasteiger partial charge on any atom is 0.285 e. The lowest BCUT2D eigenvalue weighted by Crippen LogP contribution is -2.26. The van der Waals surface area contributed by atoms with Gasteiger partial charge in [0.1, 0.15) is 11.5 Å². The number of nitrogen functional groups attached to an aromatic ring is 1. The van der Waals surface area contributed by atoms with Crippen LogP contribution in [0.4, 0.5) is 10.1 Å². The molecule has 1 heterocycles. The fraction of sp³-hybridized carbons (Fsp3) is 0.105. The van der Waals surface area contributed by atoms with Gasteiger partial charge in [0.25, 0.3) is 5.56 Å². The second-order valence-electron chi connectivity index (χ2n) is 5.72. The molecule has 0 aliphatic carbocycles. The summed E-state index contributed by atoms with van der Waals surface area (Å²) >= 11 is 1.24. The number of nitrogens with zero attached hydrogens (tertiary/aromatic N) is 2. The first-order chi connectivity index (χ1) is 12.4. The van der Waals surface area contributed by atoms with Crippen LogP contribution in [0.2, 0.25) is 0 Å². The fourth-order valence-electron chi connectivity index (χ4n) is 2.45. The van der Waals surface area contributed by atoms with Crippen molar-refractivity contribution in [3.8, 4) is 5.69 Å². The number of carbonyl (C=O) groups is 1. The Morgan fingerprint density at radius 3 is 2.31 bits per heavy atom. The van der Waals surface area contributed by atoms with Crippen LogP contribution in [0.25, 0.3) is 5.69 Å². The molecule has 0 unspecified atom stereocenters. The SMILES string of the molecule is CC(=O)c1nn(-c2ccc(F)cc2)c(=O)c(Sc2ccc(N)cc2)c1C. The molecule has 0 saturated carbocycles. The van der Waals surface area contributed by atoms with Crippen molar-refractivity contribution in [3.63, 3.8) is 0 Å². The number of nitrogens with two attached hydrogens (primary N) is 1. The average molecular weight is 369 g/mol.